The highest BCUT2D eigenvalue weighted by molar-refractivity contribution is 6.00. The van der Waals surface area contributed by atoms with Crippen LogP contribution in [0.3, 0.4) is 0 Å². The smallest absolute Gasteiger partial charge is 0.355 e. The average Bonchev–Trinajstić information content (AvgIpc) is 3.03. The molecule has 0 bridgehead atoms. The van der Waals surface area contributed by atoms with Crippen LogP contribution in [0.5, 0.6) is 0 Å². The highest BCUT2D eigenvalue weighted by atomic mass is 16.5. The fraction of sp³-hybridized carbons (Fsp3) is 0.375. The summed E-state index contributed by atoms with van der Waals surface area (Å²) in [6, 6.07) is 5.44. The van der Waals surface area contributed by atoms with E-state index in [1.165, 1.54) is 0 Å². The number of nitrogens with one attached hydrogen (secondary N) is 1. The molecule has 0 aliphatic carbocycles. The first kappa shape index (κ1) is 15.1. The van der Waals surface area contributed by atoms with Gasteiger partial charge in [-0.1, -0.05) is 0 Å². The number of ketones is 1. The lowest BCUT2D eigenvalue weighted by Gasteiger charge is -2.13. The molecule has 0 aliphatic rings. The van der Waals surface area contributed by atoms with Crippen molar-refractivity contribution >= 4 is 11.8 Å². The molecule has 0 fully saturated rings. The van der Waals surface area contributed by atoms with Gasteiger partial charge in [-0.3, -0.25) is 4.79 Å². The highest BCUT2D eigenvalue weighted by Gasteiger charge is 2.18. The van der Waals surface area contributed by atoms with Crippen LogP contribution in [0.4, 0.5) is 0 Å². The fourth-order valence-corrected chi connectivity index (χ4v) is 2.60. The van der Waals surface area contributed by atoms with Gasteiger partial charge in [0.1, 0.15) is 5.69 Å². The van der Waals surface area contributed by atoms with Crippen LogP contribution >= 0.6 is 0 Å². The molecule has 2 aromatic heterocycles. The number of aryl methyl sites for hydroxylation is 1. The second kappa shape index (κ2) is 5.99. The number of Topliss-reactive ketones (excluding diaryl/α,β-unsaturated/α-hetero) is 1. The predicted molar refractivity (Wildman–Crippen MR) is 79.7 cm³/mol. The van der Waals surface area contributed by atoms with Crippen molar-refractivity contribution in [2.24, 2.45) is 0 Å². The van der Waals surface area contributed by atoms with Gasteiger partial charge in [-0.25, -0.2) is 4.79 Å². The van der Waals surface area contributed by atoms with Crippen LogP contribution in [0, 0.1) is 13.8 Å². The van der Waals surface area contributed by atoms with Crippen LogP contribution in [0.1, 0.15) is 52.1 Å². The third-order valence-electron chi connectivity index (χ3n) is 3.45. The first-order valence-electron chi connectivity index (χ1n) is 6.94. The zero-order valence-corrected chi connectivity index (χ0v) is 12.8. The van der Waals surface area contributed by atoms with Gasteiger partial charge in [0.15, 0.2) is 6.61 Å². The number of H-pyrrole nitrogens is 1. The van der Waals surface area contributed by atoms with E-state index in [4.69, 9.17) is 4.74 Å². The van der Waals surface area contributed by atoms with Gasteiger partial charge in [-0.15, -0.1) is 0 Å². The van der Waals surface area contributed by atoms with Gasteiger partial charge in [-0.2, -0.15) is 0 Å². The lowest BCUT2D eigenvalue weighted by molar-refractivity contribution is 0.0469. The summed E-state index contributed by atoms with van der Waals surface area (Å²) in [5.41, 5.74) is 2.89. The summed E-state index contributed by atoms with van der Waals surface area (Å²) in [5.74, 6) is -0.707. The molecule has 5 nitrogen and oxygen atoms in total. The zero-order chi connectivity index (χ0) is 15.6. The lowest BCUT2D eigenvalue weighted by atomic mass is 10.1. The molecule has 5 heteroatoms. The fourth-order valence-electron chi connectivity index (χ4n) is 2.60. The number of aromatic nitrogens is 2. The van der Waals surface area contributed by atoms with Crippen molar-refractivity contribution in [3.8, 4) is 0 Å². The summed E-state index contributed by atoms with van der Waals surface area (Å²) in [6.07, 6.45) is 1.63. The van der Waals surface area contributed by atoms with Crippen LogP contribution in [-0.2, 0) is 4.74 Å². The van der Waals surface area contributed by atoms with E-state index in [1.807, 2.05) is 19.9 Å². The molecule has 0 radical (unpaired) electrons. The minimum atomic E-state index is -0.522. The Hall–Kier alpha value is -2.30. The minimum absolute atomic E-state index is 0.185. The second-order valence-electron chi connectivity index (χ2n) is 5.33. The van der Waals surface area contributed by atoms with E-state index in [0.29, 0.717) is 11.3 Å². The maximum Gasteiger partial charge on any atom is 0.355 e. The lowest BCUT2D eigenvalue weighted by Crippen LogP contribution is -2.15. The molecule has 0 saturated heterocycles. The zero-order valence-electron chi connectivity index (χ0n) is 12.8. The Balaban J connectivity index is 2.08. The van der Waals surface area contributed by atoms with E-state index >= 15 is 0 Å². The molecule has 0 spiro atoms. The quantitative estimate of drug-likeness (QED) is 0.679. The number of aromatic amines is 1. The Kier molecular flexibility index (Phi) is 4.31. The number of nitrogens with zero attached hydrogens (tertiary/aromatic N) is 1. The average molecular weight is 288 g/mol. The van der Waals surface area contributed by atoms with Crippen molar-refractivity contribution in [2.75, 3.05) is 6.61 Å². The van der Waals surface area contributed by atoms with Gasteiger partial charge in [0.2, 0.25) is 5.78 Å². The van der Waals surface area contributed by atoms with Gasteiger partial charge >= 0.3 is 5.97 Å². The second-order valence-corrected chi connectivity index (χ2v) is 5.33. The number of ether oxygens (including phenoxy) is 1. The van der Waals surface area contributed by atoms with E-state index in [0.717, 1.165) is 11.4 Å². The molecular weight excluding hydrogens is 268 g/mol. The first-order chi connectivity index (χ1) is 9.91. The third-order valence-corrected chi connectivity index (χ3v) is 3.45. The van der Waals surface area contributed by atoms with Crippen molar-refractivity contribution in [3.05, 3.63) is 47.0 Å². The van der Waals surface area contributed by atoms with Gasteiger partial charge in [0.05, 0.1) is 0 Å². The Morgan fingerprint density at radius 3 is 2.57 bits per heavy atom. The Morgan fingerprint density at radius 2 is 2.05 bits per heavy atom. The van der Waals surface area contributed by atoms with E-state index in [9.17, 15) is 9.59 Å². The van der Waals surface area contributed by atoms with E-state index < -0.39 is 5.97 Å². The Bertz CT molecular complexity index is 651. The maximum absolute atomic E-state index is 12.2. The van der Waals surface area contributed by atoms with Crippen molar-refractivity contribution < 1.29 is 14.3 Å². The highest BCUT2D eigenvalue weighted by Crippen LogP contribution is 2.20. The molecule has 0 unspecified atom stereocenters. The summed E-state index contributed by atoms with van der Waals surface area (Å²) in [4.78, 5) is 26.7. The standard InChI is InChI=1S/C16H20N2O3/c1-10(2)18-11(3)8-13(12(18)4)15(19)9-21-16(20)14-6-5-7-17-14/h5-8,10,17H,9H2,1-4H3. The van der Waals surface area contributed by atoms with E-state index in [2.05, 4.69) is 23.4 Å². The van der Waals surface area contributed by atoms with Crippen LogP contribution in [0.25, 0.3) is 0 Å². The number of hydrogen-bond acceptors (Lipinski definition) is 3. The molecule has 2 heterocycles. The molecule has 0 saturated carbocycles. The van der Waals surface area contributed by atoms with Crippen LogP contribution in [0.2, 0.25) is 0 Å². The monoisotopic (exact) mass is 288 g/mol. The summed E-state index contributed by atoms with van der Waals surface area (Å²) in [7, 11) is 0. The van der Waals surface area contributed by atoms with Gasteiger partial charge in [-0.05, 0) is 45.9 Å². The molecule has 21 heavy (non-hydrogen) atoms. The molecule has 0 aliphatic heterocycles. The summed E-state index contributed by atoms with van der Waals surface area (Å²) >= 11 is 0. The Morgan fingerprint density at radius 1 is 1.33 bits per heavy atom. The summed E-state index contributed by atoms with van der Waals surface area (Å²) in [6.45, 7) is 7.76. The first-order valence-corrected chi connectivity index (χ1v) is 6.94. The van der Waals surface area contributed by atoms with E-state index in [-0.39, 0.29) is 18.4 Å². The summed E-state index contributed by atoms with van der Waals surface area (Å²) in [5, 5.41) is 0. The molecule has 0 atom stereocenters. The predicted octanol–water partition coefficient (Wildman–Crippen LogP) is 3.05. The normalized spacial score (nSPS) is 10.9. The Labute approximate surface area is 123 Å². The number of carbonyl (C=O) groups excluding carboxylic acids is 2. The van der Waals surface area contributed by atoms with Crippen LogP contribution < -0.4 is 0 Å². The van der Waals surface area contributed by atoms with Gasteiger partial charge in [0, 0.05) is 29.2 Å². The van der Waals surface area contributed by atoms with Crippen molar-refractivity contribution in [1.29, 1.82) is 0 Å². The van der Waals surface area contributed by atoms with Gasteiger partial charge in [0.25, 0.3) is 0 Å². The molecule has 0 aromatic carbocycles. The minimum Gasteiger partial charge on any atom is -0.453 e. The largest absolute Gasteiger partial charge is 0.453 e. The molecule has 112 valence electrons. The number of hydrogen-bond donors (Lipinski definition) is 1. The molecular formula is C16H20N2O3. The summed E-state index contributed by atoms with van der Waals surface area (Å²) < 4.78 is 7.14. The topological polar surface area (TPSA) is 64.1 Å². The molecule has 2 rings (SSSR count). The maximum atomic E-state index is 12.2. The van der Waals surface area contributed by atoms with Gasteiger partial charge < -0.3 is 14.3 Å². The van der Waals surface area contributed by atoms with Crippen molar-refractivity contribution in [3.63, 3.8) is 0 Å². The molecule has 0 amide bonds. The van der Waals surface area contributed by atoms with Crippen LogP contribution in [-0.4, -0.2) is 27.9 Å². The number of carbonyl (C=O) groups is 2. The van der Waals surface area contributed by atoms with Crippen LogP contribution in [0.15, 0.2) is 24.4 Å². The van der Waals surface area contributed by atoms with E-state index in [1.54, 1.807) is 18.3 Å². The van der Waals surface area contributed by atoms with Crippen molar-refractivity contribution in [2.45, 2.75) is 33.7 Å². The molecule has 2 aromatic rings. The number of esters is 1. The SMILES string of the molecule is Cc1cc(C(=O)COC(=O)c2ccc[nH]2)c(C)n1C(C)C. The molecule has 1 N–H and O–H groups in total. The third kappa shape index (κ3) is 3.07. The van der Waals surface area contributed by atoms with Crippen molar-refractivity contribution in [1.82, 2.24) is 9.55 Å². The number of rotatable bonds is 5.